The molecule has 6 heteroatoms. The molecule has 0 spiro atoms. The van der Waals surface area contributed by atoms with Crippen molar-refractivity contribution in [2.24, 2.45) is 0 Å². The van der Waals surface area contributed by atoms with E-state index in [0.717, 1.165) is 5.76 Å². The Hall–Kier alpha value is -2.47. The van der Waals surface area contributed by atoms with Gasteiger partial charge in [-0.25, -0.2) is 0 Å². The number of benzene rings is 1. The highest BCUT2D eigenvalue weighted by Crippen LogP contribution is 2.28. The van der Waals surface area contributed by atoms with Gasteiger partial charge < -0.3 is 24.5 Å². The summed E-state index contributed by atoms with van der Waals surface area (Å²) in [4.78, 5) is 12.0. The summed E-state index contributed by atoms with van der Waals surface area (Å²) in [7, 11) is 3.13. The van der Waals surface area contributed by atoms with Gasteiger partial charge in [0.2, 0.25) is 0 Å². The first kappa shape index (κ1) is 15.9. The van der Waals surface area contributed by atoms with Crippen molar-refractivity contribution in [1.29, 1.82) is 0 Å². The van der Waals surface area contributed by atoms with Gasteiger partial charge in [-0.15, -0.1) is 0 Å². The van der Waals surface area contributed by atoms with Gasteiger partial charge in [0.25, 0.3) is 5.91 Å². The zero-order valence-corrected chi connectivity index (χ0v) is 13.0. The lowest BCUT2D eigenvalue weighted by Gasteiger charge is -2.12. The first-order valence-corrected chi connectivity index (χ1v) is 7.02. The standard InChI is InChI=1S/C16H20N2O4/c1-11(14-5-4-8-22-14)17-10-16(19)18-13-7-6-12(20-2)9-15(13)21-3/h4-9,11,17H,10H2,1-3H3,(H,18,19)/p+1/t11-/m0/s1. The van der Waals surface area contributed by atoms with Crippen LogP contribution in [0.3, 0.4) is 0 Å². The molecule has 1 atom stereocenters. The number of rotatable bonds is 7. The smallest absolute Gasteiger partial charge is 0.279 e. The number of hydrogen-bond acceptors (Lipinski definition) is 4. The number of nitrogens with one attached hydrogen (secondary N) is 1. The molecule has 1 heterocycles. The van der Waals surface area contributed by atoms with Crippen molar-refractivity contribution in [2.75, 3.05) is 26.1 Å². The molecular weight excluding hydrogens is 284 g/mol. The number of carbonyl (C=O) groups is 1. The second-order valence-corrected chi connectivity index (χ2v) is 4.86. The molecule has 0 unspecified atom stereocenters. The van der Waals surface area contributed by atoms with E-state index in [0.29, 0.717) is 17.2 Å². The molecule has 1 amide bonds. The van der Waals surface area contributed by atoms with Crippen molar-refractivity contribution < 1.29 is 24.0 Å². The van der Waals surface area contributed by atoms with Crippen molar-refractivity contribution >= 4 is 11.6 Å². The van der Waals surface area contributed by atoms with Crippen LogP contribution < -0.4 is 20.1 Å². The van der Waals surface area contributed by atoms with Crippen LogP contribution in [0, 0.1) is 0 Å². The molecule has 3 N–H and O–H groups in total. The number of methoxy groups -OCH3 is 2. The fourth-order valence-electron chi connectivity index (χ4n) is 2.05. The van der Waals surface area contributed by atoms with Crippen molar-refractivity contribution in [3.63, 3.8) is 0 Å². The monoisotopic (exact) mass is 305 g/mol. The number of ether oxygens (including phenoxy) is 2. The van der Waals surface area contributed by atoms with Gasteiger partial charge in [-0.1, -0.05) is 0 Å². The Balaban J connectivity index is 1.92. The third kappa shape index (κ3) is 4.02. The molecule has 118 valence electrons. The second-order valence-electron chi connectivity index (χ2n) is 4.86. The van der Waals surface area contributed by atoms with E-state index in [2.05, 4.69) is 5.32 Å². The SMILES string of the molecule is COc1ccc(NC(=O)C[NH2+][C@@H](C)c2ccco2)c(OC)c1. The Bertz CT molecular complexity index is 611. The lowest BCUT2D eigenvalue weighted by Crippen LogP contribution is -2.86. The maximum atomic E-state index is 12.0. The molecular formula is C16H21N2O4+. The molecule has 2 aromatic rings. The van der Waals surface area contributed by atoms with E-state index in [1.54, 1.807) is 38.7 Å². The molecule has 0 aliphatic carbocycles. The van der Waals surface area contributed by atoms with Gasteiger partial charge in [-0.2, -0.15) is 0 Å². The van der Waals surface area contributed by atoms with Crippen LogP contribution in [0.1, 0.15) is 18.7 Å². The van der Waals surface area contributed by atoms with Crippen molar-refractivity contribution in [3.8, 4) is 11.5 Å². The molecule has 0 saturated carbocycles. The van der Waals surface area contributed by atoms with Gasteiger partial charge >= 0.3 is 0 Å². The predicted molar refractivity (Wildman–Crippen MR) is 82.1 cm³/mol. The van der Waals surface area contributed by atoms with Crippen molar-refractivity contribution in [2.45, 2.75) is 13.0 Å². The van der Waals surface area contributed by atoms with Gasteiger partial charge in [0.05, 0.1) is 26.2 Å². The van der Waals surface area contributed by atoms with Gasteiger partial charge in [0.15, 0.2) is 12.3 Å². The van der Waals surface area contributed by atoms with Gasteiger partial charge in [-0.05, 0) is 31.2 Å². The number of amides is 1. The minimum atomic E-state index is -0.109. The lowest BCUT2D eigenvalue weighted by atomic mass is 10.2. The van der Waals surface area contributed by atoms with Crippen LogP contribution in [0.2, 0.25) is 0 Å². The molecule has 1 aromatic heterocycles. The van der Waals surface area contributed by atoms with E-state index in [-0.39, 0.29) is 18.5 Å². The number of quaternary nitrogens is 1. The molecule has 0 fully saturated rings. The van der Waals surface area contributed by atoms with Crippen LogP contribution in [-0.4, -0.2) is 26.7 Å². The molecule has 0 aliphatic heterocycles. The average molecular weight is 305 g/mol. The van der Waals surface area contributed by atoms with E-state index < -0.39 is 0 Å². The van der Waals surface area contributed by atoms with Crippen molar-refractivity contribution in [1.82, 2.24) is 0 Å². The molecule has 0 radical (unpaired) electrons. The van der Waals surface area contributed by atoms with E-state index in [1.165, 1.54) is 0 Å². The Labute approximate surface area is 129 Å². The Kier molecular flexibility index (Phi) is 5.43. The molecule has 1 aromatic carbocycles. The number of anilines is 1. The summed E-state index contributed by atoms with van der Waals surface area (Å²) in [5, 5.41) is 4.74. The van der Waals surface area contributed by atoms with Crippen LogP contribution in [-0.2, 0) is 4.79 Å². The largest absolute Gasteiger partial charge is 0.497 e. The Morgan fingerprint density at radius 2 is 2.14 bits per heavy atom. The van der Waals surface area contributed by atoms with E-state index in [4.69, 9.17) is 13.9 Å². The number of hydrogen-bond donors (Lipinski definition) is 2. The highest BCUT2D eigenvalue weighted by Gasteiger charge is 2.15. The zero-order valence-electron chi connectivity index (χ0n) is 13.0. The summed E-state index contributed by atoms with van der Waals surface area (Å²) < 4.78 is 15.7. The van der Waals surface area contributed by atoms with Crippen LogP contribution in [0.4, 0.5) is 5.69 Å². The summed E-state index contributed by atoms with van der Waals surface area (Å²) in [6.07, 6.45) is 1.63. The summed E-state index contributed by atoms with van der Waals surface area (Å²) >= 11 is 0. The average Bonchev–Trinajstić information content (AvgIpc) is 3.07. The van der Waals surface area contributed by atoms with E-state index >= 15 is 0 Å². The van der Waals surface area contributed by atoms with Crippen LogP contribution in [0.25, 0.3) is 0 Å². The summed E-state index contributed by atoms with van der Waals surface area (Å²) in [5.41, 5.74) is 0.618. The van der Waals surface area contributed by atoms with Gasteiger partial charge in [0.1, 0.15) is 17.5 Å². The molecule has 0 aliphatic rings. The van der Waals surface area contributed by atoms with Gasteiger partial charge in [0, 0.05) is 6.07 Å². The van der Waals surface area contributed by atoms with Crippen LogP contribution in [0.15, 0.2) is 41.0 Å². The maximum absolute atomic E-state index is 12.0. The third-order valence-corrected chi connectivity index (χ3v) is 3.33. The third-order valence-electron chi connectivity index (χ3n) is 3.33. The number of furan rings is 1. The molecule has 22 heavy (non-hydrogen) atoms. The molecule has 6 nitrogen and oxygen atoms in total. The quantitative estimate of drug-likeness (QED) is 0.814. The van der Waals surface area contributed by atoms with Crippen LogP contribution in [0.5, 0.6) is 11.5 Å². The minimum absolute atomic E-state index is 0.0820. The van der Waals surface area contributed by atoms with Crippen molar-refractivity contribution in [3.05, 3.63) is 42.4 Å². The lowest BCUT2D eigenvalue weighted by molar-refractivity contribution is -0.684. The molecule has 2 rings (SSSR count). The first-order valence-electron chi connectivity index (χ1n) is 7.02. The number of nitrogens with two attached hydrogens (primary N) is 1. The highest BCUT2D eigenvalue weighted by molar-refractivity contribution is 5.93. The Morgan fingerprint density at radius 1 is 1.32 bits per heavy atom. The summed E-state index contributed by atoms with van der Waals surface area (Å²) in [5.74, 6) is 1.97. The zero-order chi connectivity index (χ0) is 15.9. The summed E-state index contributed by atoms with van der Waals surface area (Å²) in [6.45, 7) is 2.27. The Morgan fingerprint density at radius 3 is 2.77 bits per heavy atom. The normalized spacial score (nSPS) is 11.8. The first-order chi connectivity index (χ1) is 10.6. The van der Waals surface area contributed by atoms with E-state index in [9.17, 15) is 4.79 Å². The highest BCUT2D eigenvalue weighted by atomic mass is 16.5. The molecule has 0 bridgehead atoms. The fraction of sp³-hybridized carbons (Fsp3) is 0.312. The molecule has 0 saturated heterocycles. The minimum Gasteiger partial charge on any atom is -0.497 e. The topological polar surface area (TPSA) is 77.3 Å². The van der Waals surface area contributed by atoms with Gasteiger partial charge in [-0.3, -0.25) is 4.79 Å². The van der Waals surface area contributed by atoms with Crippen LogP contribution >= 0.6 is 0 Å². The summed E-state index contributed by atoms with van der Waals surface area (Å²) in [6, 6.07) is 9.07. The van der Waals surface area contributed by atoms with E-state index in [1.807, 2.05) is 24.4 Å². The fourth-order valence-corrected chi connectivity index (χ4v) is 2.05. The maximum Gasteiger partial charge on any atom is 0.279 e. The predicted octanol–water partition coefficient (Wildman–Crippen LogP) is 1.56. The second kappa shape index (κ2) is 7.51. The number of carbonyl (C=O) groups excluding carboxylic acids is 1.